The molecule has 5 rings (SSSR count). The van der Waals surface area contributed by atoms with E-state index >= 15 is 0 Å². The van der Waals surface area contributed by atoms with Crippen LogP contribution in [0.5, 0.6) is 0 Å². The predicted octanol–water partition coefficient (Wildman–Crippen LogP) is 6.74. The van der Waals surface area contributed by atoms with E-state index in [0.717, 1.165) is 36.5 Å². The van der Waals surface area contributed by atoms with Crippen LogP contribution in [0.15, 0.2) is 121 Å². The first-order chi connectivity index (χ1) is 19.1. The number of hydrogen-bond acceptors (Lipinski definition) is 5. The van der Waals surface area contributed by atoms with Crippen molar-refractivity contribution in [2.75, 3.05) is 18.8 Å². The summed E-state index contributed by atoms with van der Waals surface area (Å²) in [5, 5.41) is 2.47. The molecule has 0 aliphatic heterocycles. The molecular weight excluding hydrogens is 500 g/mol. The highest BCUT2D eigenvalue weighted by molar-refractivity contribution is 7.13. The van der Waals surface area contributed by atoms with Crippen LogP contribution in [0, 0.1) is 0 Å². The first-order valence-corrected chi connectivity index (χ1v) is 14.0. The van der Waals surface area contributed by atoms with Gasteiger partial charge in [0.15, 0.2) is 5.13 Å². The van der Waals surface area contributed by atoms with Crippen LogP contribution in [-0.2, 0) is 19.6 Å². The van der Waals surface area contributed by atoms with Gasteiger partial charge in [0.1, 0.15) is 0 Å². The first-order valence-electron chi connectivity index (χ1n) is 13.1. The number of aromatic nitrogens is 1. The standard InChI is InChI=1S/C33H32N4OS/c34-33-35-31(25-39-33)29-16-18-30(19-17-29)32(38)37(24-28-14-8-3-9-15-28)21-20-36(22-26-10-4-1-5-11-26)23-27-12-6-2-7-13-27/h1-19,25H,20-24H2,(H2,34,35). The smallest absolute Gasteiger partial charge is 0.254 e. The lowest BCUT2D eigenvalue weighted by molar-refractivity contribution is 0.0717. The van der Waals surface area contributed by atoms with Crippen molar-refractivity contribution in [3.05, 3.63) is 143 Å². The van der Waals surface area contributed by atoms with Gasteiger partial charge in [-0.05, 0) is 28.8 Å². The minimum Gasteiger partial charge on any atom is -0.375 e. The van der Waals surface area contributed by atoms with Crippen LogP contribution < -0.4 is 5.73 Å². The lowest BCUT2D eigenvalue weighted by Crippen LogP contribution is -2.38. The number of carbonyl (C=O) groups is 1. The van der Waals surface area contributed by atoms with E-state index < -0.39 is 0 Å². The van der Waals surface area contributed by atoms with Gasteiger partial charge in [0.05, 0.1) is 5.69 Å². The maximum Gasteiger partial charge on any atom is 0.254 e. The molecule has 196 valence electrons. The second kappa shape index (κ2) is 13.0. The molecule has 0 aliphatic carbocycles. The molecule has 0 saturated heterocycles. The minimum atomic E-state index is 0.0163. The Morgan fingerprint density at radius 2 is 1.18 bits per heavy atom. The third kappa shape index (κ3) is 7.41. The summed E-state index contributed by atoms with van der Waals surface area (Å²) in [7, 11) is 0. The summed E-state index contributed by atoms with van der Waals surface area (Å²) in [5.41, 5.74) is 11.9. The maximum atomic E-state index is 13.8. The van der Waals surface area contributed by atoms with Crippen LogP contribution in [0.25, 0.3) is 11.3 Å². The van der Waals surface area contributed by atoms with Crippen molar-refractivity contribution in [1.29, 1.82) is 0 Å². The van der Waals surface area contributed by atoms with Gasteiger partial charge >= 0.3 is 0 Å². The monoisotopic (exact) mass is 532 g/mol. The lowest BCUT2D eigenvalue weighted by atomic mass is 10.1. The van der Waals surface area contributed by atoms with E-state index in [1.54, 1.807) is 0 Å². The van der Waals surface area contributed by atoms with Gasteiger partial charge in [-0.3, -0.25) is 9.69 Å². The molecule has 39 heavy (non-hydrogen) atoms. The summed E-state index contributed by atoms with van der Waals surface area (Å²) in [6.45, 7) is 3.54. The number of thiazole rings is 1. The number of nitrogens with zero attached hydrogens (tertiary/aromatic N) is 3. The number of benzene rings is 4. The third-order valence-corrected chi connectivity index (χ3v) is 7.31. The Morgan fingerprint density at radius 1 is 0.667 bits per heavy atom. The molecule has 0 bridgehead atoms. The number of carbonyl (C=O) groups excluding carboxylic acids is 1. The Labute approximate surface area is 234 Å². The van der Waals surface area contributed by atoms with Gasteiger partial charge in [-0.1, -0.05) is 103 Å². The van der Waals surface area contributed by atoms with Crippen molar-refractivity contribution in [3.63, 3.8) is 0 Å². The van der Waals surface area contributed by atoms with Gasteiger partial charge in [0, 0.05) is 49.2 Å². The van der Waals surface area contributed by atoms with Gasteiger partial charge in [-0.15, -0.1) is 11.3 Å². The topological polar surface area (TPSA) is 62.5 Å². The Hall–Kier alpha value is -4.26. The number of amides is 1. The number of nitrogen functional groups attached to an aromatic ring is 1. The molecule has 6 heteroatoms. The largest absolute Gasteiger partial charge is 0.375 e. The number of nitrogens with two attached hydrogens (primary N) is 1. The third-order valence-electron chi connectivity index (χ3n) is 6.64. The highest BCUT2D eigenvalue weighted by atomic mass is 32.1. The molecule has 4 aromatic carbocycles. The Bertz CT molecular complexity index is 1410. The zero-order chi connectivity index (χ0) is 26.9. The average Bonchev–Trinajstić information content (AvgIpc) is 3.42. The van der Waals surface area contributed by atoms with Crippen molar-refractivity contribution in [2.24, 2.45) is 0 Å². The molecule has 0 aliphatic rings. The van der Waals surface area contributed by atoms with Crippen molar-refractivity contribution < 1.29 is 4.79 Å². The molecule has 2 N–H and O–H groups in total. The average molecular weight is 533 g/mol. The molecule has 0 fully saturated rings. The van der Waals surface area contributed by atoms with Crippen molar-refractivity contribution >= 4 is 22.4 Å². The molecule has 5 aromatic rings. The first kappa shape index (κ1) is 26.4. The van der Waals surface area contributed by atoms with Crippen molar-refractivity contribution in [2.45, 2.75) is 19.6 Å². The van der Waals surface area contributed by atoms with E-state index in [1.807, 2.05) is 64.9 Å². The van der Waals surface area contributed by atoms with Gasteiger partial charge in [-0.25, -0.2) is 4.98 Å². The Balaban J connectivity index is 1.35. The molecule has 1 aromatic heterocycles. The maximum absolute atomic E-state index is 13.8. The van der Waals surface area contributed by atoms with Crippen LogP contribution in [0.3, 0.4) is 0 Å². The summed E-state index contributed by atoms with van der Waals surface area (Å²) >= 11 is 1.41. The fraction of sp³-hybridized carbons (Fsp3) is 0.152. The van der Waals surface area contributed by atoms with Gasteiger partial charge in [-0.2, -0.15) is 0 Å². The zero-order valence-electron chi connectivity index (χ0n) is 21.8. The molecule has 0 unspecified atom stereocenters. The van der Waals surface area contributed by atoms with E-state index in [9.17, 15) is 4.79 Å². The van der Waals surface area contributed by atoms with Gasteiger partial charge < -0.3 is 10.6 Å². The van der Waals surface area contributed by atoms with E-state index in [2.05, 4.69) is 70.5 Å². The van der Waals surface area contributed by atoms with Crippen LogP contribution in [0.2, 0.25) is 0 Å². The summed E-state index contributed by atoms with van der Waals surface area (Å²) in [6, 6.07) is 38.8. The molecule has 1 heterocycles. The number of hydrogen-bond donors (Lipinski definition) is 1. The molecule has 0 radical (unpaired) electrons. The summed E-state index contributed by atoms with van der Waals surface area (Å²) in [6.07, 6.45) is 0. The molecular formula is C33H32N4OS. The fourth-order valence-corrected chi connectivity index (χ4v) is 5.17. The van der Waals surface area contributed by atoms with Crippen LogP contribution in [0.1, 0.15) is 27.0 Å². The molecule has 0 saturated carbocycles. The van der Waals surface area contributed by atoms with E-state index in [1.165, 1.54) is 22.5 Å². The molecule has 0 spiro atoms. The van der Waals surface area contributed by atoms with Crippen molar-refractivity contribution in [1.82, 2.24) is 14.8 Å². The highest BCUT2D eigenvalue weighted by Crippen LogP contribution is 2.24. The SMILES string of the molecule is Nc1nc(-c2ccc(C(=O)N(CCN(Cc3ccccc3)Cc3ccccc3)Cc3ccccc3)cc2)cs1. The Morgan fingerprint density at radius 3 is 1.67 bits per heavy atom. The van der Waals surface area contributed by atoms with Gasteiger partial charge in [0.25, 0.3) is 5.91 Å². The van der Waals surface area contributed by atoms with E-state index in [0.29, 0.717) is 23.8 Å². The predicted molar refractivity (Wildman–Crippen MR) is 160 cm³/mol. The molecule has 1 amide bonds. The summed E-state index contributed by atoms with van der Waals surface area (Å²) in [5.74, 6) is 0.0163. The van der Waals surface area contributed by atoms with Crippen LogP contribution in [-0.4, -0.2) is 33.8 Å². The fourth-order valence-electron chi connectivity index (χ4n) is 4.60. The van der Waals surface area contributed by atoms with Crippen LogP contribution >= 0.6 is 11.3 Å². The quantitative estimate of drug-likeness (QED) is 0.205. The lowest BCUT2D eigenvalue weighted by Gasteiger charge is -2.28. The molecule has 5 nitrogen and oxygen atoms in total. The van der Waals surface area contributed by atoms with Gasteiger partial charge in [0.2, 0.25) is 0 Å². The zero-order valence-corrected chi connectivity index (χ0v) is 22.6. The highest BCUT2D eigenvalue weighted by Gasteiger charge is 2.18. The minimum absolute atomic E-state index is 0.0163. The van der Waals surface area contributed by atoms with Crippen LogP contribution in [0.4, 0.5) is 5.13 Å². The van der Waals surface area contributed by atoms with E-state index in [-0.39, 0.29) is 5.91 Å². The number of rotatable bonds is 11. The van der Waals surface area contributed by atoms with E-state index in [4.69, 9.17) is 5.73 Å². The van der Waals surface area contributed by atoms with Crippen molar-refractivity contribution in [3.8, 4) is 11.3 Å². The summed E-state index contributed by atoms with van der Waals surface area (Å²) < 4.78 is 0. The normalized spacial score (nSPS) is 11.0. The second-order valence-electron chi connectivity index (χ2n) is 9.54. The Kier molecular flexibility index (Phi) is 8.79. The summed E-state index contributed by atoms with van der Waals surface area (Å²) in [4.78, 5) is 22.5. The number of anilines is 1. The molecule has 0 atom stereocenters. The second-order valence-corrected chi connectivity index (χ2v) is 10.4.